The van der Waals surface area contributed by atoms with Gasteiger partial charge < -0.3 is 10.6 Å². The number of rotatable bonds is 6. The van der Waals surface area contributed by atoms with Gasteiger partial charge in [0.15, 0.2) is 0 Å². The van der Waals surface area contributed by atoms with E-state index < -0.39 is 5.54 Å². The number of hydrogen-bond donors (Lipinski definition) is 2. The van der Waals surface area contributed by atoms with E-state index in [2.05, 4.69) is 49.6 Å². The van der Waals surface area contributed by atoms with E-state index in [0.717, 1.165) is 18.4 Å². The van der Waals surface area contributed by atoms with Crippen LogP contribution in [0, 0.1) is 22.7 Å². The number of amides is 1. The van der Waals surface area contributed by atoms with Crippen LogP contribution >= 0.6 is 0 Å². The maximum absolute atomic E-state index is 12.3. The Morgan fingerprint density at radius 3 is 2.35 bits per heavy atom. The van der Waals surface area contributed by atoms with Crippen LogP contribution in [0.2, 0.25) is 0 Å². The fourth-order valence-corrected chi connectivity index (χ4v) is 2.98. The van der Waals surface area contributed by atoms with Crippen molar-refractivity contribution < 1.29 is 4.79 Å². The lowest BCUT2D eigenvalue weighted by Gasteiger charge is -2.32. The molecule has 1 aromatic carbocycles. The van der Waals surface area contributed by atoms with Gasteiger partial charge in [-0.2, -0.15) is 5.26 Å². The largest absolute Gasteiger partial charge is 0.337 e. The molecule has 0 aromatic heterocycles. The van der Waals surface area contributed by atoms with Crippen LogP contribution in [0.5, 0.6) is 0 Å². The summed E-state index contributed by atoms with van der Waals surface area (Å²) >= 11 is 0. The van der Waals surface area contributed by atoms with Crippen LogP contribution in [-0.2, 0) is 4.79 Å². The highest BCUT2D eigenvalue weighted by Crippen LogP contribution is 2.39. The van der Waals surface area contributed by atoms with Gasteiger partial charge in [0.1, 0.15) is 5.54 Å². The molecule has 2 unspecified atom stereocenters. The van der Waals surface area contributed by atoms with E-state index in [1.54, 1.807) is 0 Å². The number of hydrogen-bond acceptors (Lipinski definition) is 3. The average Bonchev–Trinajstić information content (AvgIpc) is 3.32. The minimum Gasteiger partial charge on any atom is -0.337 e. The second-order valence-corrected chi connectivity index (χ2v) is 7.73. The standard InChI is InChI=1S/C19H27N3O/c1-18(2,3)17(14-8-6-5-7-9-14)21-12-16(23)22-19(4,13-20)15-10-11-15/h5-9,15,17,21H,10-12H2,1-4H3,(H,22,23). The van der Waals surface area contributed by atoms with Crippen LogP contribution in [-0.4, -0.2) is 18.0 Å². The maximum atomic E-state index is 12.3. The molecule has 2 atom stereocenters. The Morgan fingerprint density at radius 2 is 1.87 bits per heavy atom. The molecule has 0 radical (unpaired) electrons. The zero-order valence-corrected chi connectivity index (χ0v) is 14.5. The Kier molecular flexibility index (Phi) is 5.11. The van der Waals surface area contributed by atoms with E-state index in [1.165, 1.54) is 0 Å². The van der Waals surface area contributed by atoms with E-state index in [9.17, 15) is 10.1 Å². The smallest absolute Gasteiger partial charge is 0.235 e. The van der Waals surface area contributed by atoms with Crippen molar-refractivity contribution in [1.29, 1.82) is 5.26 Å². The van der Waals surface area contributed by atoms with Crippen LogP contribution < -0.4 is 10.6 Å². The molecule has 4 heteroatoms. The third kappa shape index (κ3) is 4.56. The lowest BCUT2D eigenvalue weighted by atomic mass is 9.82. The van der Waals surface area contributed by atoms with Crippen molar-refractivity contribution in [2.24, 2.45) is 11.3 Å². The molecule has 0 saturated heterocycles. The van der Waals surface area contributed by atoms with Crippen LogP contribution in [0.15, 0.2) is 30.3 Å². The number of benzene rings is 1. The lowest BCUT2D eigenvalue weighted by molar-refractivity contribution is -0.121. The molecule has 4 nitrogen and oxygen atoms in total. The molecule has 0 spiro atoms. The highest BCUT2D eigenvalue weighted by atomic mass is 16.2. The van der Waals surface area contributed by atoms with Gasteiger partial charge in [-0.1, -0.05) is 51.1 Å². The predicted molar refractivity (Wildman–Crippen MR) is 91.5 cm³/mol. The van der Waals surface area contributed by atoms with Crippen molar-refractivity contribution in [3.8, 4) is 6.07 Å². The Hall–Kier alpha value is -1.86. The fraction of sp³-hybridized carbons (Fsp3) is 0.579. The van der Waals surface area contributed by atoms with Gasteiger partial charge in [0.2, 0.25) is 5.91 Å². The Labute approximate surface area is 139 Å². The third-order valence-corrected chi connectivity index (χ3v) is 4.49. The molecule has 1 aliphatic carbocycles. The van der Waals surface area contributed by atoms with Gasteiger partial charge >= 0.3 is 0 Å². The molecule has 1 aliphatic rings. The van der Waals surface area contributed by atoms with Gasteiger partial charge in [0, 0.05) is 6.04 Å². The Balaban J connectivity index is 1.99. The summed E-state index contributed by atoms with van der Waals surface area (Å²) in [4.78, 5) is 12.3. The number of nitrogens with zero attached hydrogens (tertiary/aromatic N) is 1. The van der Waals surface area contributed by atoms with Crippen molar-refractivity contribution in [3.05, 3.63) is 35.9 Å². The molecule has 1 fully saturated rings. The van der Waals surface area contributed by atoms with Gasteiger partial charge in [0.05, 0.1) is 12.6 Å². The van der Waals surface area contributed by atoms with Crippen molar-refractivity contribution in [2.75, 3.05) is 6.54 Å². The Bertz CT molecular complexity index is 581. The third-order valence-electron chi connectivity index (χ3n) is 4.49. The van der Waals surface area contributed by atoms with Crippen molar-refractivity contribution in [3.63, 3.8) is 0 Å². The first-order chi connectivity index (χ1) is 10.8. The van der Waals surface area contributed by atoms with Crippen LogP contribution in [0.1, 0.15) is 52.1 Å². The quantitative estimate of drug-likeness (QED) is 0.848. The maximum Gasteiger partial charge on any atom is 0.235 e. The number of carbonyl (C=O) groups is 1. The van der Waals surface area contributed by atoms with Crippen LogP contribution in [0.3, 0.4) is 0 Å². The van der Waals surface area contributed by atoms with Crippen molar-refractivity contribution in [1.82, 2.24) is 10.6 Å². The molecule has 1 aromatic rings. The highest BCUT2D eigenvalue weighted by molar-refractivity contribution is 5.79. The molecular weight excluding hydrogens is 286 g/mol. The second kappa shape index (κ2) is 6.72. The Morgan fingerprint density at radius 1 is 1.26 bits per heavy atom. The van der Waals surface area contributed by atoms with E-state index in [-0.39, 0.29) is 23.9 Å². The van der Waals surface area contributed by atoms with Crippen LogP contribution in [0.4, 0.5) is 0 Å². The SMILES string of the molecule is CC(C)(C)C(NCC(=O)NC(C)(C#N)C1CC1)c1ccccc1. The van der Waals surface area contributed by atoms with E-state index >= 15 is 0 Å². The lowest BCUT2D eigenvalue weighted by Crippen LogP contribution is -2.50. The zero-order chi connectivity index (χ0) is 17.1. The first-order valence-corrected chi connectivity index (χ1v) is 8.27. The van der Waals surface area contributed by atoms with Crippen molar-refractivity contribution in [2.45, 2.75) is 52.1 Å². The van der Waals surface area contributed by atoms with E-state index in [0.29, 0.717) is 5.92 Å². The summed E-state index contributed by atoms with van der Waals surface area (Å²) in [6, 6.07) is 12.5. The first-order valence-electron chi connectivity index (χ1n) is 8.27. The van der Waals surface area contributed by atoms with E-state index in [1.807, 2.05) is 25.1 Å². The van der Waals surface area contributed by atoms with Gasteiger partial charge in [0.25, 0.3) is 0 Å². The van der Waals surface area contributed by atoms with Crippen LogP contribution in [0.25, 0.3) is 0 Å². The minimum absolute atomic E-state index is 0.0172. The van der Waals surface area contributed by atoms with Gasteiger partial charge in [-0.3, -0.25) is 4.79 Å². The summed E-state index contributed by atoms with van der Waals surface area (Å²) in [6.45, 7) is 8.49. The average molecular weight is 313 g/mol. The molecule has 23 heavy (non-hydrogen) atoms. The molecule has 0 aliphatic heterocycles. The normalized spacial score (nSPS) is 18.6. The summed E-state index contributed by atoms with van der Waals surface area (Å²) in [5.41, 5.74) is 0.414. The van der Waals surface area contributed by atoms with Gasteiger partial charge in [-0.05, 0) is 36.7 Å². The highest BCUT2D eigenvalue weighted by Gasteiger charge is 2.43. The van der Waals surface area contributed by atoms with E-state index in [4.69, 9.17) is 0 Å². The predicted octanol–water partition coefficient (Wildman–Crippen LogP) is 3.17. The summed E-state index contributed by atoms with van der Waals surface area (Å²) in [6.07, 6.45) is 2.04. The summed E-state index contributed by atoms with van der Waals surface area (Å²) in [5, 5.41) is 15.6. The number of nitrogens with one attached hydrogen (secondary N) is 2. The molecular formula is C19H27N3O. The zero-order valence-electron chi connectivity index (χ0n) is 14.5. The molecule has 0 bridgehead atoms. The fourth-order valence-electron chi connectivity index (χ4n) is 2.98. The molecule has 1 saturated carbocycles. The van der Waals surface area contributed by atoms with Crippen molar-refractivity contribution >= 4 is 5.91 Å². The van der Waals surface area contributed by atoms with Gasteiger partial charge in [-0.25, -0.2) is 0 Å². The summed E-state index contributed by atoms with van der Waals surface area (Å²) in [5.74, 6) is 0.176. The molecule has 2 rings (SSSR count). The molecule has 2 N–H and O–H groups in total. The molecule has 0 heterocycles. The molecule has 1 amide bonds. The second-order valence-electron chi connectivity index (χ2n) is 7.73. The van der Waals surface area contributed by atoms with Gasteiger partial charge in [-0.15, -0.1) is 0 Å². The minimum atomic E-state index is -0.733. The first kappa shape index (κ1) is 17.5. The summed E-state index contributed by atoms with van der Waals surface area (Å²) in [7, 11) is 0. The topological polar surface area (TPSA) is 64.9 Å². The summed E-state index contributed by atoms with van der Waals surface area (Å²) < 4.78 is 0. The molecule has 124 valence electrons. The monoisotopic (exact) mass is 313 g/mol. The number of nitriles is 1. The number of carbonyl (C=O) groups excluding carboxylic acids is 1.